The van der Waals surface area contributed by atoms with Crippen LogP contribution in [0.25, 0.3) is 0 Å². The molecular weight excluding hydrogens is 204 g/mol. The standard InChI is InChI=1S/C13H16O3/c1-10(14)4-3-5-12-6-8-13(9-7-12)16-11(2)15/h6-9H,3-5H2,1-2H3. The van der Waals surface area contributed by atoms with Gasteiger partial charge in [0.25, 0.3) is 0 Å². The van der Waals surface area contributed by atoms with E-state index < -0.39 is 0 Å². The molecule has 0 unspecified atom stereocenters. The number of esters is 1. The van der Waals surface area contributed by atoms with Crippen LogP contribution in [0.15, 0.2) is 24.3 Å². The van der Waals surface area contributed by atoms with Crippen LogP contribution in [0.2, 0.25) is 0 Å². The van der Waals surface area contributed by atoms with Crippen molar-refractivity contribution >= 4 is 11.8 Å². The summed E-state index contributed by atoms with van der Waals surface area (Å²) in [5.41, 5.74) is 1.15. The van der Waals surface area contributed by atoms with Crippen molar-refractivity contribution in [3.05, 3.63) is 29.8 Å². The average molecular weight is 220 g/mol. The summed E-state index contributed by atoms with van der Waals surface area (Å²) in [7, 11) is 0. The molecule has 3 nitrogen and oxygen atoms in total. The topological polar surface area (TPSA) is 43.4 Å². The van der Waals surface area contributed by atoms with Gasteiger partial charge in [-0.05, 0) is 37.5 Å². The summed E-state index contributed by atoms with van der Waals surface area (Å²) in [6.07, 6.45) is 2.36. The summed E-state index contributed by atoms with van der Waals surface area (Å²) in [5.74, 6) is 0.462. The van der Waals surface area contributed by atoms with Gasteiger partial charge in [0.05, 0.1) is 0 Å². The smallest absolute Gasteiger partial charge is 0.308 e. The lowest BCUT2D eigenvalue weighted by Crippen LogP contribution is -2.01. The van der Waals surface area contributed by atoms with Gasteiger partial charge in [-0.25, -0.2) is 0 Å². The van der Waals surface area contributed by atoms with Crippen molar-refractivity contribution in [2.75, 3.05) is 0 Å². The summed E-state index contributed by atoms with van der Waals surface area (Å²) in [6, 6.07) is 7.37. The second-order valence-electron chi connectivity index (χ2n) is 3.79. The lowest BCUT2D eigenvalue weighted by Gasteiger charge is -2.03. The van der Waals surface area contributed by atoms with Crippen LogP contribution < -0.4 is 4.74 Å². The second kappa shape index (κ2) is 6.05. The molecule has 0 aromatic heterocycles. The summed E-state index contributed by atoms with van der Waals surface area (Å²) in [5, 5.41) is 0. The fourth-order valence-corrected chi connectivity index (χ4v) is 1.43. The van der Waals surface area contributed by atoms with Crippen LogP contribution in [0.5, 0.6) is 5.75 Å². The van der Waals surface area contributed by atoms with E-state index >= 15 is 0 Å². The van der Waals surface area contributed by atoms with Gasteiger partial charge >= 0.3 is 5.97 Å². The Balaban J connectivity index is 2.45. The van der Waals surface area contributed by atoms with Gasteiger partial charge in [-0.3, -0.25) is 4.79 Å². The molecule has 0 heterocycles. The van der Waals surface area contributed by atoms with Gasteiger partial charge in [0, 0.05) is 13.3 Å². The number of hydrogen-bond donors (Lipinski definition) is 0. The van der Waals surface area contributed by atoms with Crippen molar-refractivity contribution in [2.24, 2.45) is 0 Å². The molecule has 0 radical (unpaired) electrons. The van der Waals surface area contributed by atoms with E-state index in [1.165, 1.54) is 6.92 Å². The monoisotopic (exact) mass is 220 g/mol. The lowest BCUT2D eigenvalue weighted by atomic mass is 10.1. The minimum absolute atomic E-state index is 0.219. The first-order valence-electron chi connectivity index (χ1n) is 5.34. The lowest BCUT2D eigenvalue weighted by molar-refractivity contribution is -0.131. The molecule has 0 saturated heterocycles. The van der Waals surface area contributed by atoms with Crippen molar-refractivity contribution in [1.82, 2.24) is 0 Å². The van der Waals surface area contributed by atoms with Crippen molar-refractivity contribution in [2.45, 2.75) is 33.1 Å². The number of benzene rings is 1. The van der Waals surface area contributed by atoms with Crippen LogP contribution in [0, 0.1) is 0 Å². The minimum Gasteiger partial charge on any atom is -0.427 e. The van der Waals surface area contributed by atoms with E-state index in [0.717, 1.165) is 18.4 Å². The quantitative estimate of drug-likeness (QED) is 0.565. The molecule has 0 fully saturated rings. The zero-order valence-electron chi connectivity index (χ0n) is 9.66. The van der Waals surface area contributed by atoms with E-state index in [9.17, 15) is 9.59 Å². The molecule has 0 atom stereocenters. The predicted molar refractivity (Wildman–Crippen MR) is 61.4 cm³/mol. The first kappa shape index (κ1) is 12.4. The third-order valence-electron chi connectivity index (χ3n) is 2.18. The number of carbonyl (C=O) groups excluding carboxylic acids is 2. The second-order valence-corrected chi connectivity index (χ2v) is 3.79. The van der Waals surface area contributed by atoms with E-state index in [-0.39, 0.29) is 11.8 Å². The van der Waals surface area contributed by atoms with E-state index in [0.29, 0.717) is 12.2 Å². The molecule has 0 N–H and O–H groups in total. The fourth-order valence-electron chi connectivity index (χ4n) is 1.43. The molecule has 1 aromatic rings. The molecular formula is C13H16O3. The van der Waals surface area contributed by atoms with Gasteiger partial charge in [0.15, 0.2) is 0 Å². The third-order valence-corrected chi connectivity index (χ3v) is 2.18. The predicted octanol–water partition coefficient (Wildman–Crippen LogP) is 2.52. The van der Waals surface area contributed by atoms with Crippen LogP contribution in [0.3, 0.4) is 0 Å². The van der Waals surface area contributed by atoms with Gasteiger partial charge in [0.2, 0.25) is 0 Å². The largest absolute Gasteiger partial charge is 0.427 e. The minimum atomic E-state index is -0.315. The van der Waals surface area contributed by atoms with E-state index in [1.807, 2.05) is 12.1 Å². The molecule has 0 bridgehead atoms. The highest BCUT2D eigenvalue weighted by Crippen LogP contribution is 2.14. The zero-order valence-corrected chi connectivity index (χ0v) is 9.66. The molecule has 0 aliphatic heterocycles. The van der Waals surface area contributed by atoms with Crippen LogP contribution in [-0.2, 0) is 16.0 Å². The molecule has 1 rings (SSSR count). The third kappa shape index (κ3) is 4.73. The molecule has 0 saturated carbocycles. The molecule has 16 heavy (non-hydrogen) atoms. The van der Waals surface area contributed by atoms with Gasteiger partial charge in [-0.15, -0.1) is 0 Å². The van der Waals surface area contributed by atoms with Crippen molar-refractivity contribution in [3.63, 3.8) is 0 Å². The summed E-state index contributed by atoms with van der Waals surface area (Å²) in [4.78, 5) is 21.4. The molecule has 0 aliphatic rings. The number of aryl methyl sites for hydroxylation is 1. The van der Waals surface area contributed by atoms with Crippen molar-refractivity contribution in [3.8, 4) is 5.75 Å². The number of rotatable bonds is 5. The summed E-state index contributed by atoms with van der Waals surface area (Å²) in [6.45, 7) is 2.98. The number of ether oxygens (including phenoxy) is 1. The summed E-state index contributed by atoms with van der Waals surface area (Å²) < 4.78 is 4.92. The van der Waals surface area contributed by atoms with E-state index in [1.54, 1.807) is 19.1 Å². The Kier molecular flexibility index (Phi) is 4.70. The molecule has 3 heteroatoms. The van der Waals surface area contributed by atoms with Crippen molar-refractivity contribution in [1.29, 1.82) is 0 Å². The maximum Gasteiger partial charge on any atom is 0.308 e. The Morgan fingerprint density at radius 2 is 1.75 bits per heavy atom. The van der Waals surface area contributed by atoms with Gasteiger partial charge < -0.3 is 9.53 Å². The first-order valence-corrected chi connectivity index (χ1v) is 5.34. The normalized spacial score (nSPS) is 9.88. The Morgan fingerprint density at radius 3 is 2.25 bits per heavy atom. The molecule has 0 spiro atoms. The van der Waals surface area contributed by atoms with Gasteiger partial charge in [-0.1, -0.05) is 12.1 Å². The van der Waals surface area contributed by atoms with Crippen LogP contribution in [0.1, 0.15) is 32.3 Å². The van der Waals surface area contributed by atoms with E-state index in [4.69, 9.17) is 4.74 Å². The number of ketones is 1. The Hall–Kier alpha value is -1.64. The highest BCUT2D eigenvalue weighted by Gasteiger charge is 1.99. The SMILES string of the molecule is CC(=O)CCCc1ccc(OC(C)=O)cc1. The zero-order chi connectivity index (χ0) is 12.0. The number of hydrogen-bond acceptors (Lipinski definition) is 3. The van der Waals surface area contributed by atoms with Crippen LogP contribution in [0.4, 0.5) is 0 Å². The highest BCUT2D eigenvalue weighted by molar-refractivity contribution is 5.75. The van der Waals surface area contributed by atoms with Crippen LogP contribution >= 0.6 is 0 Å². The molecule has 1 aromatic carbocycles. The Morgan fingerprint density at radius 1 is 1.12 bits per heavy atom. The van der Waals surface area contributed by atoms with Crippen molar-refractivity contribution < 1.29 is 14.3 Å². The van der Waals surface area contributed by atoms with Crippen LogP contribution in [-0.4, -0.2) is 11.8 Å². The maximum atomic E-state index is 10.8. The van der Waals surface area contributed by atoms with E-state index in [2.05, 4.69) is 0 Å². The Bertz CT molecular complexity index is 365. The average Bonchev–Trinajstić information content (AvgIpc) is 2.19. The van der Waals surface area contributed by atoms with Gasteiger partial charge in [0.1, 0.15) is 11.5 Å². The number of carbonyl (C=O) groups is 2. The molecule has 0 aliphatic carbocycles. The molecule has 86 valence electrons. The number of Topliss-reactive ketones (excluding diaryl/α,β-unsaturated/α-hetero) is 1. The first-order chi connectivity index (χ1) is 7.58. The maximum absolute atomic E-state index is 10.8. The summed E-state index contributed by atoms with van der Waals surface area (Å²) >= 11 is 0. The molecule has 0 amide bonds. The Labute approximate surface area is 95.4 Å². The van der Waals surface area contributed by atoms with Gasteiger partial charge in [-0.2, -0.15) is 0 Å². The fraction of sp³-hybridized carbons (Fsp3) is 0.385. The highest BCUT2D eigenvalue weighted by atomic mass is 16.5.